The van der Waals surface area contributed by atoms with Crippen molar-refractivity contribution in [2.75, 3.05) is 11.9 Å². The van der Waals surface area contributed by atoms with Crippen LogP contribution < -0.4 is 10.6 Å². The SMILES string of the molecule is Cc1ccccc1C(=O)NCC(=O)Nc1nc2c(C)cccc2s1. The van der Waals surface area contributed by atoms with Gasteiger partial charge in [0.05, 0.1) is 16.8 Å². The van der Waals surface area contributed by atoms with Crippen LogP contribution in [0.15, 0.2) is 42.5 Å². The second-order valence-electron chi connectivity index (χ2n) is 5.49. The highest BCUT2D eigenvalue weighted by atomic mass is 32.1. The third-order valence-electron chi connectivity index (χ3n) is 3.67. The first-order valence-corrected chi connectivity index (χ1v) is 8.36. The summed E-state index contributed by atoms with van der Waals surface area (Å²) in [7, 11) is 0. The quantitative estimate of drug-likeness (QED) is 0.766. The van der Waals surface area contributed by atoms with Crippen LogP contribution in [0.3, 0.4) is 0 Å². The summed E-state index contributed by atoms with van der Waals surface area (Å²) >= 11 is 1.42. The summed E-state index contributed by atoms with van der Waals surface area (Å²) in [5.74, 6) is -0.558. The van der Waals surface area contributed by atoms with E-state index in [9.17, 15) is 9.59 Å². The highest BCUT2D eigenvalue weighted by Crippen LogP contribution is 2.27. The van der Waals surface area contributed by atoms with Crippen LogP contribution in [-0.2, 0) is 4.79 Å². The van der Waals surface area contributed by atoms with Gasteiger partial charge in [-0.15, -0.1) is 0 Å². The number of thiazole rings is 1. The normalized spacial score (nSPS) is 10.6. The number of nitrogens with one attached hydrogen (secondary N) is 2. The molecule has 1 heterocycles. The number of hydrogen-bond acceptors (Lipinski definition) is 4. The van der Waals surface area contributed by atoms with E-state index in [-0.39, 0.29) is 18.4 Å². The molecule has 0 aliphatic heterocycles. The number of carbonyl (C=O) groups is 2. The first kappa shape index (κ1) is 16.1. The third kappa shape index (κ3) is 3.44. The van der Waals surface area contributed by atoms with Crippen molar-refractivity contribution in [3.05, 3.63) is 59.2 Å². The van der Waals surface area contributed by atoms with E-state index in [4.69, 9.17) is 0 Å². The predicted octanol–water partition coefficient (Wildman–Crippen LogP) is 3.28. The number of hydrogen-bond donors (Lipinski definition) is 2. The molecule has 2 aromatic carbocycles. The highest BCUT2D eigenvalue weighted by Gasteiger charge is 2.12. The summed E-state index contributed by atoms with van der Waals surface area (Å²) in [5, 5.41) is 5.90. The van der Waals surface area contributed by atoms with Gasteiger partial charge in [0, 0.05) is 5.56 Å². The number of amides is 2. The molecular formula is C18H17N3O2S. The van der Waals surface area contributed by atoms with Gasteiger partial charge in [-0.3, -0.25) is 9.59 Å². The summed E-state index contributed by atoms with van der Waals surface area (Å²) in [6, 6.07) is 13.2. The number of para-hydroxylation sites is 1. The Hall–Kier alpha value is -2.73. The molecule has 2 N–H and O–H groups in total. The third-order valence-corrected chi connectivity index (χ3v) is 4.60. The summed E-state index contributed by atoms with van der Waals surface area (Å²) in [6.45, 7) is 3.75. The van der Waals surface area contributed by atoms with Crippen LogP contribution in [0.4, 0.5) is 5.13 Å². The molecule has 0 unspecified atom stereocenters. The maximum Gasteiger partial charge on any atom is 0.251 e. The van der Waals surface area contributed by atoms with Gasteiger partial charge in [0.15, 0.2) is 5.13 Å². The number of carbonyl (C=O) groups excluding carboxylic acids is 2. The average molecular weight is 339 g/mol. The van der Waals surface area contributed by atoms with Gasteiger partial charge in [0.1, 0.15) is 0 Å². The molecule has 1 aromatic heterocycles. The predicted molar refractivity (Wildman–Crippen MR) is 96.5 cm³/mol. The molecule has 2 amide bonds. The lowest BCUT2D eigenvalue weighted by atomic mass is 10.1. The molecule has 0 atom stereocenters. The van der Waals surface area contributed by atoms with E-state index in [1.165, 1.54) is 11.3 Å². The van der Waals surface area contributed by atoms with Crippen LogP contribution in [0.1, 0.15) is 21.5 Å². The standard InChI is InChI=1S/C18H17N3O2S/c1-11-6-3-4-8-13(11)17(23)19-10-15(22)20-18-21-16-12(2)7-5-9-14(16)24-18/h3-9H,10H2,1-2H3,(H,19,23)(H,20,21,22). The van der Waals surface area contributed by atoms with Crippen LogP contribution in [-0.4, -0.2) is 23.3 Å². The van der Waals surface area contributed by atoms with Crippen molar-refractivity contribution in [1.29, 1.82) is 0 Å². The van der Waals surface area contributed by atoms with E-state index < -0.39 is 0 Å². The Morgan fingerprint density at radius 2 is 1.79 bits per heavy atom. The minimum atomic E-state index is -0.298. The monoisotopic (exact) mass is 339 g/mol. The Balaban J connectivity index is 1.62. The molecule has 0 radical (unpaired) electrons. The van der Waals surface area contributed by atoms with Crippen molar-refractivity contribution in [3.63, 3.8) is 0 Å². The van der Waals surface area contributed by atoms with E-state index in [1.807, 2.05) is 44.2 Å². The van der Waals surface area contributed by atoms with Crippen LogP contribution in [0, 0.1) is 13.8 Å². The second kappa shape index (κ2) is 6.80. The van der Waals surface area contributed by atoms with Gasteiger partial charge < -0.3 is 10.6 Å². The molecule has 5 nitrogen and oxygen atoms in total. The molecular weight excluding hydrogens is 322 g/mol. The molecule has 6 heteroatoms. The van der Waals surface area contributed by atoms with Crippen LogP contribution >= 0.6 is 11.3 Å². The largest absolute Gasteiger partial charge is 0.343 e. The topological polar surface area (TPSA) is 71.1 Å². The van der Waals surface area contributed by atoms with Crippen LogP contribution in [0.25, 0.3) is 10.2 Å². The number of benzene rings is 2. The minimum Gasteiger partial charge on any atom is -0.343 e. The molecule has 0 saturated carbocycles. The number of anilines is 1. The number of aryl methyl sites for hydroxylation is 2. The Morgan fingerprint density at radius 3 is 2.54 bits per heavy atom. The van der Waals surface area contributed by atoms with Crippen LogP contribution in [0.2, 0.25) is 0 Å². The maximum absolute atomic E-state index is 12.1. The fourth-order valence-corrected chi connectivity index (χ4v) is 3.35. The Bertz CT molecular complexity index is 918. The molecule has 3 rings (SSSR count). The molecule has 3 aromatic rings. The Morgan fingerprint density at radius 1 is 1.04 bits per heavy atom. The lowest BCUT2D eigenvalue weighted by Crippen LogP contribution is -2.33. The average Bonchev–Trinajstić information content (AvgIpc) is 2.97. The molecule has 0 bridgehead atoms. The lowest BCUT2D eigenvalue weighted by Gasteiger charge is -2.07. The van der Waals surface area contributed by atoms with Crippen molar-refractivity contribution in [2.24, 2.45) is 0 Å². The van der Waals surface area contributed by atoms with Gasteiger partial charge in [0.2, 0.25) is 5.91 Å². The zero-order valence-corrected chi connectivity index (χ0v) is 14.2. The molecule has 0 aliphatic rings. The van der Waals surface area contributed by atoms with Gasteiger partial charge in [-0.2, -0.15) is 0 Å². The lowest BCUT2D eigenvalue weighted by molar-refractivity contribution is -0.115. The molecule has 24 heavy (non-hydrogen) atoms. The van der Waals surface area contributed by atoms with Crippen molar-refractivity contribution in [1.82, 2.24) is 10.3 Å². The number of fused-ring (bicyclic) bond motifs is 1. The van der Waals surface area contributed by atoms with Crippen LogP contribution in [0.5, 0.6) is 0 Å². The van der Waals surface area contributed by atoms with E-state index in [0.717, 1.165) is 21.3 Å². The molecule has 122 valence electrons. The van der Waals surface area contributed by atoms with Gasteiger partial charge in [-0.25, -0.2) is 4.98 Å². The van der Waals surface area contributed by atoms with E-state index >= 15 is 0 Å². The second-order valence-corrected chi connectivity index (χ2v) is 6.52. The Labute approximate surface area is 143 Å². The van der Waals surface area contributed by atoms with Crippen molar-refractivity contribution >= 4 is 38.5 Å². The smallest absolute Gasteiger partial charge is 0.251 e. The van der Waals surface area contributed by atoms with Crippen molar-refractivity contribution < 1.29 is 9.59 Å². The van der Waals surface area contributed by atoms with E-state index in [2.05, 4.69) is 15.6 Å². The summed E-state index contributed by atoms with van der Waals surface area (Å²) in [4.78, 5) is 28.6. The molecule has 0 saturated heterocycles. The fraction of sp³-hybridized carbons (Fsp3) is 0.167. The maximum atomic E-state index is 12.1. The summed E-state index contributed by atoms with van der Waals surface area (Å²) < 4.78 is 1.02. The number of aromatic nitrogens is 1. The first-order valence-electron chi connectivity index (χ1n) is 7.54. The molecule has 0 aliphatic carbocycles. The van der Waals surface area contributed by atoms with Gasteiger partial charge in [-0.05, 0) is 37.1 Å². The zero-order chi connectivity index (χ0) is 17.1. The molecule has 0 spiro atoms. The Kier molecular flexibility index (Phi) is 4.57. The first-order chi connectivity index (χ1) is 11.5. The van der Waals surface area contributed by atoms with E-state index in [0.29, 0.717) is 10.7 Å². The van der Waals surface area contributed by atoms with Crippen molar-refractivity contribution in [3.8, 4) is 0 Å². The van der Waals surface area contributed by atoms with E-state index in [1.54, 1.807) is 12.1 Å². The number of nitrogens with zero attached hydrogens (tertiary/aromatic N) is 1. The summed E-state index contributed by atoms with van der Waals surface area (Å²) in [5.41, 5.74) is 3.40. The minimum absolute atomic E-state index is 0.0952. The fourth-order valence-electron chi connectivity index (χ4n) is 2.39. The summed E-state index contributed by atoms with van der Waals surface area (Å²) in [6.07, 6.45) is 0. The highest BCUT2D eigenvalue weighted by molar-refractivity contribution is 7.22. The molecule has 0 fully saturated rings. The van der Waals surface area contributed by atoms with Gasteiger partial charge >= 0.3 is 0 Å². The van der Waals surface area contributed by atoms with Crippen molar-refractivity contribution in [2.45, 2.75) is 13.8 Å². The van der Waals surface area contributed by atoms with Gasteiger partial charge in [-0.1, -0.05) is 41.7 Å². The number of rotatable bonds is 4. The zero-order valence-electron chi connectivity index (χ0n) is 13.4. The van der Waals surface area contributed by atoms with Gasteiger partial charge in [0.25, 0.3) is 5.91 Å².